The molecule has 0 N–H and O–H groups in total. The average molecular weight is 280 g/mol. The minimum Gasteiger partial charge on any atom is -0.375 e. The Bertz CT molecular complexity index is 625. The molecular formula is C13H16N2O3S. The molecule has 19 heavy (non-hydrogen) atoms. The Morgan fingerprint density at radius 3 is 3.00 bits per heavy atom. The zero-order chi connectivity index (χ0) is 13.5. The molecule has 6 heteroatoms. The van der Waals surface area contributed by atoms with E-state index in [0.717, 1.165) is 6.42 Å². The van der Waals surface area contributed by atoms with Gasteiger partial charge in [0.15, 0.2) is 5.84 Å². The monoisotopic (exact) mass is 280 g/mol. The molecule has 1 aromatic carbocycles. The molecule has 3 rings (SSSR count). The summed E-state index contributed by atoms with van der Waals surface area (Å²) in [5.74, 6) is 0.567. The number of nitrogens with zero attached hydrogens (tertiary/aromatic N) is 2. The molecule has 2 heterocycles. The number of ether oxygens (including phenoxy) is 1. The van der Waals surface area contributed by atoms with E-state index in [1.54, 1.807) is 12.1 Å². The highest BCUT2D eigenvalue weighted by Gasteiger charge is 2.33. The summed E-state index contributed by atoms with van der Waals surface area (Å²) < 4.78 is 33.6. The molecule has 102 valence electrons. The predicted octanol–water partition coefficient (Wildman–Crippen LogP) is 1.25. The van der Waals surface area contributed by atoms with Crippen molar-refractivity contribution in [1.29, 1.82) is 0 Å². The summed E-state index contributed by atoms with van der Waals surface area (Å²) >= 11 is 0. The Morgan fingerprint density at radius 1 is 1.42 bits per heavy atom. The molecule has 0 aromatic heterocycles. The number of amidine groups is 1. The number of benzene rings is 1. The molecule has 0 amide bonds. The number of fused-ring (bicyclic) bond motifs is 1. The summed E-state index contributed by atoms with van der Waals surface area (Å²) in [5, 5.41) is 0. The molecule has 2 aliphatic rings. The smallest absolute Gasteiger partial charge is 0.285 e. The lowest BCUT2D eigenvalue weighted by Gasteiger charge is -2.33. The molecule has 0 saturated carbocycles. The van der Waals surface area contributed by atoms with E-state index >= 15 is 0 Å². The molecule has 1 aromatic rings. The van der Waals surface area contributed by atoms with E-state index in [0.29, 0.717) is 36.0 Å². The standard InChI is InChI=1S/C13H16N2O3S/c1-2-10-9-15(7-8-18-10)13-11-5-3-4-6-12(11)19(16,17)14-13/h3-6,10H,2,7-9H2,1H3/t10-/m1/s1. The van der Waals surface area contributed by atoms with Crippen LogP contribution in [-0.4, -0.2) is 45.0 Å². The van der Waals surface area contributed by atoms with Crippen LogP contribution in [0.15, 0.2) is 33.6 Å². The lowest BCUT2D eigenvalue weighted by Crippen LogP contribution is -2.45. The van der Waals surface area contributed by atoms with Crippen molar-refractivity contribution in [1.82, 2.24) is 4.90 Å². The Kier molecular flexibility index (Phi) is 3.06. The van der Waals surface area contributed by atoms with E-state index in [-0.39, 0.29) is 6.10 Å². The SMILES string of the molecule is CC[C@@H]1CN(C2=NS(=O)(=O)c3ccccc32)CCO1. The van der Waals surface area contributed by atoms with Gasteiger partial charge in [0, 0.05) is 18.7 Å². The lowest BCUT2D eigenvalue weighted by molar-refractivity contribution is -0.00674. The minimum absolute atomic E-state index is 0.145. The van der Waals surface area contributed by atoms with Gasteiger partial charge in [-0.1, -0.05) is 19.1 Å². The van der Waals surface area contributed by atoms with Crippen molar-refractivity contribution in [3.63, 3.8) is 0 Å². The second-order valence-corrected chi connectivity index (χ2v) is 6.31. The van der Waals surface area contributed by atoms with Crippen molar-refractivity contribution in [2.45, 2.75) is 24.3 Å². The van der Waals surface area contributed by atoms with E-state index in [4.69, 9.17) is 4.74 Å². The normalized spacial score (nSPS) is 25.0. The molecule has 1 saturated heterocycles. The van der Waals surface area contributed by atoms with Crippen molar-refractivity contribution in [2.24, 2.45) is 4.40 Å². The van der Waals surface area contributed by atoms with Crippen molar-refractivity contribution in [2.75, 3.05) is 19.7 Å². The van der Waals surface area contributed by atoms with E-state index in [1.807, 2.05) is 17.0 Å². The predicted molar refractivity (Wildman–Crippen MR) is 71.8 cm³/mol. The van der Waals surface area contributed by atoms with Gasteiger partial charge < -0.3 is 9.64 Å². The minimum atomic E-state index is -3.52. The number of morpholine rings is 1. The fourth-order valence-electron chi connectivity index (χ4n) is 2.48. The van der Waals surface area contributed by atoms with Gasteiger partial charge in [-0.3, -0.25) is 0 Å². The molecule has 0 aliphatic carbocycles. The van der Waals surface area contributed by atoms with Crippen LogP contribution in [0.5, 0.6) is 0 Å². The lowest BCUT2D eigenvalue weighted by atomic mass is 10.1. The summed E-state index contributed by atoms with van der Waals surface area (Å²) in [5.41, 5.74) is 0.708. The van der Waals surface area contributed by atoms with Crippen LogP contribution < -0.4 is 0 Å². The van der Waals surface area contributed by atoms with Crippen molar-refractivity contribution >= 4 is 15.9 Å². The Balaban J connectivity index is 1.98. The summed E-state index contributed by atoms with van der Waals surface area (Å²) in [6.07, 6.45) is 1.06. The van der Waals surface area contributed by atoms with E-state index < -0.39 is 10.0 Å². The largest absolute Gasteiger partial charge is 0.375 e. The fraction of sp³-hybridized carbons (Fsp3) is 0.462. The molecule has 1 fully saturated rings. The van der Waals surface area contributed by atoms with Gasteiger partial charge in [0.25, 0.3) is 10.0 Å². The van der Waals surface area contributed by atoms with Crippen molar-refractivity contribution in [3.05, 3.63) is 29.8 Å². The molecule has 1 atom stereocenters. The van der Waals surface area contributed by atoms with Gasteiger partial charge in [-0.15, -0.1) is 4.40 Å². The number of hydrogen-bond acceptors (Lipinski definition) is 4. The third-order valence-electron chi connectivity index (χ3n) is 3.51. The van der Waals surface area contributed by atoms with Crippen LogP contribution in [0.1, 0.15) is 18.9 Å². The maximum atomic E-state index is 12.0. The van der Waals surface area contributed by atoms with Gasteiger partial charge in [-0.05, 0) is 18.6 Å². The molecule has 0 bridgehead atoms. The van der Waals surface area contributed by atoms with Crippen LogP contribution in [0.2, 0.25) is 0 Å². The zero-order valence-corrected chi connectivity index (χ0v) is 11.6. The first-order valence-corrected chi connectivity index (χ1v) is 7.87. The Hall–Kier alpha value is -1.40. The van der Waals surface area contributed by atoms with Gasteiger partial charge >= 0.3 is 0 Å². The Morgan fingerprint density at radius 2 is 2.21 bits per heavy atom. The topological polar surface area (TPSA) is 59.0 Å². The van der Waals surface area contributed by atoms with Gasteiger partial charge in [0.05, 0.1) is 12.7 Å². The molecule has 0 unspecified atom stereocenters. The second kappa shape index (κ2) is 4.61. The van der Waals surface area contributed by atoms with E-state index in [9.17, 15) is 8.42 Å². The third-order valence-corrected chi connectivity index (χ3v) is 4.83. The van der Waals surface area contributed by atoms with Crippen LogP contribution in [0.25, 0.3) is 0 Å². The highest BCUT2D eigenvalue weighted by Crippen LogP contribution is 2.28. The second-order valence-electron chi connectivity index (χ2n) is 4.73. The first kappa shape index (κ1) is 12.6. The quantitative estimate of drug-likeness (QED) is 0.776. The average Bonchev–Trinajstić information content (AvgIpc) is 2.72. The zero-order valence-electron chi connectivity index (χ0n) is 10.7. The summed E-state index contributed by atoms with van der Waals surface area (Å²) in [7, 11) is -3.52. The molecular weight excluding hydrogens is 264 g/mol. The number of hydrogen-bond donors (Lipinski definition) is 0. The Labute approximate surface area is 113 Å². The summed E-state index contributed by atoms with van der Waals surface area (Å²) in [6.45, 7) is 4.05. The maximum absolute atomic E-state index is 12.0. The summed E-state index contributed by atoms with van der Waals surface area (Å²) in [4.78, 5) is 2.32. The van der Waals surface area contributed by atoms with Gasteiger partial charge in [-0.2, -0.15) is 8.42 Å². The maximum Gasteiger partial charge on any atom is 0.285 e. The van der Waals surface area contributed by atoms with Crippen LogP contribution in [0, 0.1) is 0 Å². The highest BCUT2D eigenvalue weighted by atomic mass is 32.2. The van der Waals surface area contributed by atoms with Crippen LogP contribution in [0.3, 0.4) is 0 Å². The molecule has 0 radical (unpaired) electrons. The van der Waals surface area contributed by atoms with Gasteiger partial charge in [-0.25, -0.2) is 0 Å². The molecule has 0 spiro atoms. The van der Waals surface area contributed by atoms with Crippen LogP contribution in [0.4, 0.5) is 0 Å². The van der Waals surface area contributed by atoms with E-state index in [2.05, 4.69) is 11.3 Å². The molecule has 5 nitrogen and oxygen atoms in total. The highest BCUT2D eigenvalue weighted by molar-refractivity contribution is 7.90. The molecule has 2 aliphatic heterocycles. The van der Waals surface area contributed by atoms with Crippen molar-refractivity contribution in [3.8, 4) is 0 Å². The van der Waals surface area contributed by atoms with E-state index in [1.165, 1.54) is 0 Å². The first-order valence-electron chi connectivity index (χ1n) is 6.43. The third kappa shape index (κ3) is 2.15. The van der Waals surface area contributed by atoms with Gasteiger partial charge in [0.2, 0.25) is 0 Å². The van der Waals surface area contributed by atoms with Crippen molar-refractivity contribution < 1.29 is 13.2 Å². The fourth-order valence-corrected chi connectivity index (χ4v) is 3.70. The van der Waals surface area contributed by atoms with Crippen LogP contribution >= 0.6 is 0 Å². The van der Waals surface area contributed by atoms with Crippen LogP contribution in [-0.2, 0) is 14.8 Å². The first-order chi connectivity index (χ1) is 9.12. The number of sulfonamides is 1. The van der Waals surface area contributed by atoms with Gasteiger partial charge in [0.1, 0.15) is 4.90 Å². The number of rotatable bonds is 1. The summed E-state index contributed by atoms with van der Waals surface area (Å²) in [6, 6.07) is 6.99.